The average molecular weight is 373 g/mol. The van der Waals surface area contributed by atoms with Crippen molar-refractivity contribution in [3.63, 3.8) is 0 Å². The zero-order valence-electron chi connectivity index (χ0n) is 15.7. The molecule has 0 atom stereocenters. The number of hydrogen-bond donors (Lipinski definition) is 3. The van der Waals surface area contributed by atoms with Crippen LogP contribution < -0.4 is 16.2 Å². The van der Waals surface area contributed by atoms with Crippen LogP contribution in [-0.2, 0) is 9.59 Å². The van der Waals surface area contributed by atoms with Gasteiger partial charge in [0.1, 0.15) is 0 Å². The van der Waals surface area contributed by atoms with E-state index < -0.39 is 5.92 Å². The fourth-order valence-electron chi connectivity index (χ4n) is 2.89. The molecule has 0 unspecified atom stereocenters. The van der Waals surface area contributed by atoms with Crippen LogP contribution in [0, 0.1) is 6.92 Å². The Morgan fingerprint density at radius 2 is 1.29 bits per heavy atom. The first-order chi connectivity index (χ1) is 13.6. The number of anilines is 1. The predicted octanol–water partition coefficient (Wildman–Crippen LogP) is 3.39. The molecule has 3 aromatic carbocycles. The van der Waals surface area contributed by atoms with Gasteiger partial charge in [0, 0.05) is 5.69 Å². The highest BCUT2D eigenvalue weighted by Crippen LogP contribution is 2.24. The number of nitrogens with one attached hydrogen (secondary N) is 3. The normalized spacial score (nSPS) is 10.4. The van der Waals surface area contributed by atoms with Crippen LogP contribution in [0.15, 0.2) is 84.9 Å². The molecule has 0 aromatic heterocycles. The Balaban J connectivity index is 1.60. The first kappa shape index (κ1) is 19.2. The molecular formula is C23H23N3O2. The lowest BCUT2D eigenvalue weighted by molar-refractivity contribution is -0.128. The number of rotatable bonds is 6. The van der Waals surface area contributed by atoms with Crippen molar-refractivity contribution < 1.29 is 9.59 Å². The van der Waals surface area contributed by atoms with Gasteiger partial charge in [-0.15, -0.1) is 0 Å². The molecule has 0 aliphatic rings. The highest BCUT2D eigenvalue weighted by Gasteiger charge is 2.22. The van der Waals surface area contributed by atoms with Gasteiger partial charge in [-0.1, -0.05) is 78.4 Å². The van der Waals surface area contributed by atoms with Crippen molar-refractivity contribution in [2.24, 2.45) is 0 Å². The van der Waals surface area contributed by atoms with E-state index in [1.165, 1.54) is 0 Å². The fraction of sp³-hybridized carbons (Fsp3) is 0.130. The van der Waals surface area contributed by atoms with Gasteiger partial charge in [-0.3, -0.25) is 20.4 Å². The minimum absolute atomic E-state index is 0.0602. The molecule has 0 fully saturated rings. The van der Waals surface area contributed by atoms with E-state index in [1.807, 2.05) is 91.9 Å². The van der Waals surface area contributed by atoms with Gasteiger partial charge in [0.15, 0.2) is 0 Å². The third-order valence-corrected chi connectivity index (χ3v) is 4.36. The third-order valence-electron chi connectivity index (χ3n) is 4.36. The second kappa shape index (κ2) is 9.37. The van der Waals surface area contributed by atoms with E-state index in [1.54, 1.807) is 0 Å². The van der Waals surface area contributed by atoms with E-state index in [2.05, 4.69) is 16.2 Å². The lowest BCUT2D eigenvalue weighted by Gasteiger charge is -2.18. The quantitative estimate of drug-likeness (QED) is 0.580. The van der Waals surface area contributed by atoms with Gasteiger partial charge in [0.25, 0.3) is 5.91 Å². The molecule has 3 N–H and O–H groups in total. The molecule has 0 aliphatic heterocycles. The monoisotopic (exact) mass is 373 g/mol. The van der Waals surface area contributed by atoms with Gasteiger partial charge in [0.2, 0.25) is 5.91 Å². The number of amides is 2. The average Bonchev–Trinajstić information content (AvgIpc) is 2.73. The van der Waals surface area contributed by atoms with Gasteiger partial charge < -0.3 is 5.32 Å². The van der Waals surface area contributed by atoms with Crippen molar-refractivity contribution >= 4 is 17.5 Å². The molecular weight excluding hydrogens is 350 g/mol. The van der Waals surface area contributed by atoms with Gasteiger partial charge in [-0.05, 0) is 30.2 Å². The van der Waals surface area contributed by atoms with Gasteiger partial charge in [-0.2, -0.15) is 0 Å². The van der Waals surface area contributed by atoms with Crippen LogP contribution in [0.2, 0.25) is 0 Å². The van der Waals surface area contributed by atoms with E-state index in [9.17, 15) is 9.59 Å². The number of aryl methyl sites for hydroxylation is 1. The van der Waals surface area contributed by atoms with Gasteiger partial charge >= 0.3 is 0 Å². The summed E-state index contributed by atoms with van der Waals surface area (Å²) in [5.74, 6) is -1.12. The van der Waals surface area contributed by atoms with Crippen LogP contribution in [-0.4, -0.2) is 18.4 Å². The Hall–Kier alpha value is -3.60. The Labute approximate surface area is 164 Å². The fourth-order valence-corrected chi connectivity index (χ4v) is 2.89. The van der Waals surface area contributed by atoms with Gasteiger partial charge in [-0.25, -0.2) is 0 Å². The van der Waals surface area contributed by atoms with E-state index >= 15 is 0 Å². The first-order valence-electron chi connectivity index (χ1n) is 9.12. The summed E-state index contributed by atoms with van der Waals surface area (Å²) in [7, 11) is 0. The molecule has 3 aromatic rings. The van der Waals surface area contributed by atoms with Crippen molar-refractivity contribution in [2.45, 2.75) is 12.8 Å². The van der Waals surface area contributed by atoms with Gasteiger partial charge in [0.05, 0.1) is 12.5 Å². The lowest BCUT2D eigenvalue weighted by Crippen LogP contribution is -2.46. The molecule has 3 rings (SSSR count). The standard InChI is InChI=1S/C23H23N3O2/c1-17-12-14-20(15-13-17)24-16-21(27)25-26-23(28)22(18-8-4-2-5-9-18)19-10-6-3-7-11-19/h2-15,22,24H,16H2,1H3,(H,25,27)(H,26,28). The van der Waals surface area contributed by atoms with Crippen molar-refractivity contribution in [1.29, 1.82) is 0 Å². The van der Waals surface area contributed by atoms with Crippen LogP contribution in [0.1, 0.15) is 22.6 Å². The molecule has 5 heteroatoms. The Bertz CT molecular complexity index is 870. The molecule has 0 saturated heterocycles. The lowest BCUT2D eigenvalue weighted by atomic mass is 9.91. The van der Waals surface area contributed by atoms with E-state index in [4.69, 9.17) is 0 Å². The summed E-state index contributed by atoms with van der Waals surface area (Å²) in [5, 5.41) is 3.02. The molecule has 0 heterocycles. The first-order valence-corrected chi connectivity index (χ1v) is 9.12. The summed E-state index contributed by atoms with van der Waals surface area (Å²) in [5.41, 5.74) is 8.74. The Kier molecular flexibility index (Phi) is 6.41. The Morgan fingerprint density at radius 3 is 1.82 bits per heavy atom. The molecule has 0 spiro atoms. The van der Waals surface area contributed by atoms with Crippen molar-refractivity contribution in [1.82, 2.24) is 10.9 Å². The Morgan fingerprint density at radius 1 is 0.750 bits per heavy atom. The SMILES string of the molecule is Cc1ccc(NCC(=O)NNC(=O)C(c2ccccc2)c2ccccc2)cc1. The summed E-state index contributed by atoms with van der Waals surface area (Å²) < 4.78 is 0. The summed E-state index contributed by atoms with van der Waals surface area (Å²) in [6, 6.07) is 26.7. The topological polar surface area (TPSA) is 70.2 Å². The second-order valence-electron chi connectivity index (χ2n) is 6.51. The highest BCUT2D eigenvalue weighted by molar-refractivity contribution is 5.90. The number of carbonyl (C=O) groups is 2. The van der Waals surface area contributed by atoms with Crippen LogP contribution in [0.5, 0.6) is 0 Å². The van der Waals surface area contributed by atoms with E-state index in [0.29, 0.717) is 0 Å². The summed E-state index contributed by atoms with van der Waals surface area (Å²) >= 11 is 0. The summed E-state index contributed by atoms with van der Waals surface area (Å²) in [6.07, 6.45) is 0. The molecule has 28 heavy (non-hydrogen) atoms. The number of hydrazine groups is 1. The third kappa shape index (κ3) is 5.20. The maximum atomic E-state index is 12.8. The van der Waals surface area contributed by atoms with Crippen molar-refractivity contribution in [2.75, 3.05) is 11.9 Å². The van der Waals surface area contributed by atoms with E-state index in [0.717, 1.165) is 22.4 Å². The largest absolute Gasteiger partial charge is 0.376 e. The number of benzene rings is 3. The molecule has 142 valence electrons. The molecule has 0 bridgehead atoms. The minimum atomic E-state index is -0.507. The van der Waals surface area contributed by atoms with E-state index in [-0.39, 0.29) is 18.4 Å². The predicted molar refractivity (Wildman–Crippen MR) is 111 cm³/mol. The van der Waals surface area contributed by atoms with Crippen molar-refractivity contribution in [3.05, 3.63) is 102 Å². The molecule has 5 nitrogen and oxygen atoms in total. The maximum absolute atomic E-state index is 12.8. The molecule has 0 aliphatic carbocycles. The molecule has 0 radical (unpaired) electrons. The zero-order valence-corrected chi connectivity index (χ0v) is 15.7. The molecule has 2 amide bonds. The summed E-state index contributed by atoms with van der Waals surface area (Å²) in [6.45, 7) is 2.06. The van der Waals surface area contributed by atoms with Crippen LogP contribution >= 0.6 is 0 Å². The smallest absolute Gasteiger partial charge is 0.257 e. The maximum Gasteiger partial charge on any atom is 0.257 e. The van der Waals surface area contributed by atoms with Crippen LogP contribution in [0.25, 0.3) is 0 Å². The summed E-state index contributed by atoms with van der Waals surface area (Å²) in [4.78, 5) is 24.9. The number of carbonyl (C=O) groups excluding carboxylic acids is 2. The highest BCUT2D eigenvalue weighted by atomic mass is 16.2. The van der Waals surface area contributed by atoms with Crippen LogP contribution in [0.4, 0.5) is 5.69 Å². The molecule has 0 saturated carbocycles. The minimum Gasteiger partial charge on any atom is -0.376 e. The van der Waals surface area contributed by atoms with Crippen LogP contribution in [0.3, 0.4) is 0 Å². The number of hydrogen-bond acceptors (Lipinski definition) is 3. The second-order valence-corrected chi connectivity index (χ2v) is 6.51. The van der Waals surface area contributed by atoms with Crippen molar-refractivity contribution in [3.8, 4) is 0 Å². The zero-order chi connectivity index (χ0) is 19.8.